The van der Waals surface area contributed by atoms with Crippen LogP contribution in [0.25, 0.3) is 0 Å². The number of halogens is 2. The summed E-state index contributed by atoms with van der Waals surface area (Å²) in [5.41, 5.74) is 1.57. The lowest BCUT2D eigenvalue weighted by Crippen LogP contribution is -2.24. The molecule has 0 heterocycles. The molecule has 0 fully saturated rings. The van der Waals surface area contributed by atoms with Crippen LogP contribution in [0, 0.1) is 18.6 Å². The first-order chi connectivity index (χ1) is 9.00. The molecule has 1 N–H and O–H groups in total. The molecule has 0 radical (unpaired) electrons. The molecule has 1 nitrogen and oxygen atoms in total. The number of aliphatic hydroxyl groups is 1. The van der Waals surface area contributed by atoms with E-state index in [-0.39, 0.29) is 11.6 Å². The first-order valence-electron chi connectivity index (χ1n) is 6.28. The summed E-state index contributed by atoms with van der Waals surface area (Å²) in [5.74, 6) is -0.581. The quantitative estimate of drug-likeness (QED) is 0.832. The lowest BCUT2D eigenvalue weighted by Gasteiger charge is -2.25. The van der Waals surface area contributed by atoms with Crippen LogP contribution in [0.2, 0.25) is 0 Å². The fraction of sp³-hybridized carbons (Fsp3) is 0.250. The Morgan fingerprint density at radius 1 is 1.11 bits per heavy atom. The van der Waals surface area contributed by atoms with E-state index in [1.807, 2.05) is 0 Å². The van der Waals surface area contributed by atoms with Gasteiger partial charge in [-0.05, 0) is 66.3 Å². The van der Waals surface area contributed by atoms with Crippen molar-refractivity contribution in [1.29, 1.82) is 0 Å². The third kappa shape index (κ3) is 1.85. The molecule has 1 aliphatic rings. The summed E-state index contributed by atoms with van der Waals surface area (Å²) >= 11 is 0. The van der Waals surface area contributed by atoms with Crippen LogP contribution in [0.5, 0.6) is 0 Å². The molecule has 2 aromatic rings. The summed E-state index contributed by atoms with van der Waals surface area (Å²) in [7, 11) is 0. The summed E-state index contributed by atoms with van der Waals surface area (Å²) in [6.45, 7) is 1.67. The second kappa shape index (κ2) is 4.14. The molecule has 1 atom stereocenters. The Balaban J connectivity index is 2.13. The van der Waals surface area contributed by atoms with Gasteiger partial charge < -0.3 is 5.11 Å². The van der Waals surface area contributed by atoms with Crippen molar-refractivity contribution in [3.05, 3.63) is 70.3 Å². The molecule has 0 bridgehead atoms. The summed E-state index contributed by atoms with van der Waals surface area (Å²) < 4.78 is 26.5. The topological polar surface area (TPSA) is 20.2 Å². The number of rotatable bonds is 1. The number of benzene rings is 2. The van der Waals surface area contributed by atoms with Gasteiger partial charge in [-0.1, -0.05) is 12.1 Å². The third-order valence-corrected chi connectivity index (χ3v) is 3.90. The van der Waals surface area contributed by atoms with Gasteiger partial charge in [-0.15, -0.1) is 0 Å². The maximum Gasteiger partial charge on any atom is 0.126 e. The van der Waals surface area contributed by atoms with Gasteiger partial charge in [0.15, 0.2) is 0 Å². The summed E-state index contributed by atoms with van der Waals surface area (Å²) in [6.07, 6.45) is 1.12. The van der Waals surface area contributed by atoms with E-state index >= 15 is 0 Å². The normalized spacial score (nSPS) is 21.5. The van der Waals surface area contributed by atoms with Crippen molar-refractivity contribution < 1.29 is 13.9 Å². The molecular weight excluding hydrogens is 246 g/mol. The van der Waals surface area contributed by atoms with E-state index in [1.54, 1.807) is 25.1 Å². The summed E-state index contributed by atoms with van der Waals surface area (Å²) in [6, 6.07) is 9.06. The number of fused-ring (bicyclic) bond motifs is 1. The Hall–Kier alpha value is -1.74. The van der Waals surface area contributed by atoms with Gasteiger partial charge in [-0.25, -0.2) is 8.78 Å². The van der Waals surface area contributed by atoms with Gasteiger partial charge in [0.2, 0.25) is 0 Å². The van der Waals surface area contributed by atoms with Crippen LogP contribution in [0.15, 0.2) is 36.4 Å². The van der Waals surface area contributed by atoms with Gasteiger partial charge in [0.25, 0.3) is 0 Å². The highest BCUT2D eigenvalue weighted by Gasteiger charge is 2.38. The predicted octanol–water partition coefficient (Wildman–Crippen LogP) is 3.46. The Kier molecular flexibility index (Phi) is 2.68. The molecule has 0 saturated heterocycles. The molecule has 0 spiro atoms. The van der Waals surface area contributed by atoms with Crippen molar-refractivity contribution in [1.82, 2.24) is 0 Å². The third-order valence-electron chi connectivity index (χ3n) is 3.90. The average Bonchev–Trinajstić information content (AvgIpc) is 2.71. The second-order valence-corrected chi connectivity index (χ2v) is 5.13. The molecule has 0 aliphatic heterocycles. The van der Waals surface area contributed by atoms with Crippen LogP contribution in [0.1, 0.15) is 28.7 Å². The standard InChI is InChI=1S/C16H14F2O/c1-10-8-12(2-5-15(10)18)16(19)7-6-11-9-13(17)3-4-14(11)16/h2-5,8-9,19H,6-7H2,1H3. The van der Waals surface area contributed by atoms with E-state index in [0.29, 0.717) is 24.0 Å². The van der Waals surface area contributed by atoms with Gasteiger partial charge in [-0.2, -0.15) is 0 Å². The van der Waals surface area contributed by atoms with Gasteiger partial charge in [0, 0.05) is 0 Å². The van der Waals surface area contributed by atoms with Crippen molar-refractivity contribution >= 4 is 0 Å². The van der Waals surface area contributed by atoms with Crippen LogP contribution in [-0.2, 0) is 12.0 Å². The molecule has 1 aliphatic carbocycles. The van der Waals surface area contributed by atoms with Crippen LogP contribution >= 0.6 is 0 Å². The smallest absolute Gasteiger partial charge is 0.126 e. The van der Waals surface area contributed by atoms with Crippen LogP contribution in [0.4, 0.5) is 8.78 Å². The minimum atomic E-state index is -1.14. The largest absolute Gasteiger partial charge is 0.380 e. The molecule has 19 heavy (non-hydrogen) atoms. The molecule has 1 unspecified atom stereocenters. The zero-order chi connectivity index (χ0) is 13.6. The van der Waals surface area contributed by atoms with Crippen LogP contribution in [-0.4, -0.2) is 5.11 Å². The van der Waals surface area contributed by atoms with Gasteiger partial charge in [0.1, 0.15) is 17.2 Å². The summed E-state index contributed by atoms with van der Waals surface area (Å²) in [5, 5.41) is 10.9. The van der Waals surface area contributed by atoms with Crippen LogP contribution < -0.4 is 0 Å². The highest BCUT2D eigenvalue weighted by molar-refractivity contribution is 5.46. The van der Waals surface area contributed by atoms with Crippen molar-refractivity contribution in [3.63, 3.8) is 0 Å². The highest BCUT2D eigenvalue weighted by atomic mass is 19.1. The van der Waals surface area contributed by atoms with E-state index < -0.39 is 5.60 Å². The SMILES string of the molecule is Cc1cc(C2(O)CCc3cc(F)ccc32)ccc1F. The van der Waals surface area contributed by atoms with Crippen molar-refractivity contribution in [2.45, 2.75) is 25.4 Å². The van der Waals surface area contributed by atoms with E-state index in [4.69, 9.17) is 0 Å². The van der Waals surface area contributed by atoms with E-state index in [0.717, 1.165) is 11.1 Å². The molecular formula is C16H14F2O. The lowest BCUT2D eigenvalue weighted by atomic mass is 9.87. The lowest BCUT2D eigenvalue weighted by molar-refractivity contribution is 0.0828. The molecule has 0 amide bonds. The fourth-order valence-electron chi connectivity index (χ4n) is 2.82. The molecule has 3 rings (SSSR count). The molecule has 98 valence electrons. The number of aryl methyl sites for hydroxylation is 2. The van der Waals surface area contributed by atoms with E-state index in [9.17, 15) is 13.9 Å². The molecule has 0 aromatic heterocycles. The van der Waals surface area contributed by atoms with Gasteiger partial charge >= 0.3 is 0 Å². The minimum absolute atomic E-state index is 0.287. The Labute approximate surface area is 110 Å². The maximum absolute atomic E-state index is 13.3. The molecule has 0 saturated carbocycles. The van der Waals surface area contributed by atoms with Crippen molar-refractivity contribution in [2.75, 3.05) is 0 Å². The highest BCUT2D eigenvalue weighted by Crippen LogP contribution is 2.42. The minimum Gasteiger partial charge on any atom is -0.380 e. The van der Waals surface area contributed by atoms with Gasteiger partial charge in [-0.3, -0.25) is 0 Å². The Morgan fingerprint density at radius 3 is 2.63 bits per heavy atom. The average molecular weight is 260 g/mol. The zero-order valence-electron chi connectivity index (χ0n) is 10.6. The van der Waals surface area contributed by atoms with Crippen LogP contribution in [0.3, 0.4) is 0 Å². The van der Waals surface area contributed by atoms with E-state index in [1.165, 1.54) is 18.2 Å². The number of hydrogen-bond acceptors (Lipinski definition) is 1. The summed E-state index contributed by atoms with van der Waals surface area (Å²) in [4.78, 5) is 0. The Morgan fingerprint density at radius 2 is 1.89 bits per heavy atom. The zero-order valence-corrected chi connectivity index (χ0v) is 10.6. The Bertz CT molecular complexity index is 651. The predicted molar refractivity (Wildman–Crippen MR) is 68.9 cm³/mol. The first kappa shape index (κ1) is 12.3. The monoisotopic (exact) mass is 260 g/mol. The maximum atomic E-state index is 13.3. The molecule has 3 heteroatoms. The van der Waals surface area contributed by atoms with Crippen molar-refractivity contribution in [2.24, 2.45) is 0 Å². The first-order valence-corrected chi connectivity index (χ1v) is 6.28. The van der Waals surface area contributed by atoms with E-state index in [2.05, 4.69) is 0 Å². The number of hydrogen-bond donors (Lipinski definition) is 1. The fourth-order valence-corrected chi connectivity index (χ4v) is 2.82. The van der Waals surface area contributed by atoms with Gasteiger partial charge in [0.05, 0.1) is 0 Å². The second-order valence-electron chi connectivity index (χ2n) is 5.13. The van der Waals surface area contributed by atoms with Crippen molar-refractivity contribution in [3.8, 4) is 0 Å². The molecule has 2 aromatic carbocycles.